The molecule has 5 nitrogen and oxygen atoms in total. The van der Waals surface area contributed by atoms with E-state index in [0.29, 0.717) is 0 Å². The highest BCUT2D eigenvalue weighted by molar-refractivity contribution is 5.93. The lowest BCUT2D eigenvalue weighted by atomic mass is 10.1. The maximum Gasteiger partial charge on any atom is 0.352 e. The van der Waals surface area contributed by atoms with Gasteiger partial charge in [0.1, 0.15) is 23.4 Å². The van der Waals surface area contributed by atoms with Crippen LogP contribution in [0.15, 0.2) is 23.0 Å². The minimum Gasteiger partial charge on any atom is -0.494 e. The molecule has 3 rings (SSSR count). The molecule has 0 radical (unpaired) electrons. The first-order valence-corrected chi connectivity index (χ1v) is 6.24. The van der Waals surface area contributed by atoms with Gasteiger partial charge >= 0.3 is 5.97 Å². The molecule has 1 heterocycles. The molecule has 1 fully saturated rings. The zero-order valence-electron chi connectivity index (χ0n) is 11.0. The molecule has 1 aromatic carbocycles. The number of rotatable bonds is 3. The third-order valence-electron chi connectivity index (χ3n) is 3.53. The molecule has 1 aliphatic carbocycles. The summed E-state index contributed by atoms with van der Waals surface area (Å²) in [6.07, 6.45) is -1.04. The van der Waals surface area contributed by atoms with E-state index in [1.54, 1.807) is 0 Å². The molecule has 1 aromatic heterocycles. The van der Waals surface area contributed by atoms with Gasteiger partial charge in [-0.1, -0.05) is 0 Å². The Morgan fingerprint density at radius 2 is 2.10 bits per heavy atom. The molecule has 0 bridgehead atoms. The highest BCUT2D eigenvalue weighted by Crippen LogP contribution is 2.43. The van der Waals surface area contributed by atoms with Crippen LogP contribution in [0.1, 0.15) is 23.0 Å². The van der Waals surface area contributed by atoms with Crippen LogP contribution in [-0.2, 0) is 0 Å². The van der Waals surface area contributed by atoms with Crippen LogP contribution in [0.25, 0.3) is 10.9 Å². The van der Waals surface area contributed by atoms with E-state index in [0.717, 1.165) is 18.2 Å². The fourth-order valence-electron chi connectivity index (χ4n) is 2.49. The van der Waals surface area contributed by atoms with Gasteiger partial charge in [-0.05, 0) is 6.07 Å². The van der Waals surface area contributed by atoms with Gasteiger partial charge in [0.2, 0.25) is 0 Å². The van der Waals surface area contributed by atoms with Crippen LogP contribution in [0.4, 0.5) is 8.78 Å². The number of carbonyl (C=O) groups is 1. The van der Waals surface area contributed by atoms with E-state index in [4.69, 9.17) is 4.74 Å². The quantitative estimate of drug-likeness (QED) is 0.942. The van der Waals surface area contributed by atoms with E-state index in [2.05, 4.69) is 0 Å². The van der Waals surface area contributed by atoms with Crippen LogP contribution in [0, 0.1) is 5.82 Å². The third kappa shape index (κ3) is 2.05. The van der Waals surface area contributed by atoms with Crippen molar-refractivity contribution >= 4 is 16.9 Å². The number of carboxylic acid groups (broad SMARTS) is 1. The third-order valence-corrected chi connectivity index (χ3v) is 3.53. The first-order chi connectivity index (χ1) is 9.93. The van der Waals surface area contributed by atoms with Crippen molar-refractivity contribution in [2.24, 2.45) is 0 Å². The van der Waals surface area contributed by atoms with Crippen LogP contribution in [0.5, 0.6) is 5.75 Å². The van der Waals surface area contributed by atoms with Gasteiger partial charge in [0, 0.05) is 18.6 Å². The molecule has 0 saturated heterocycles. The Morgan fingerprint density at radius 3 is 2.62 bits per heavy atom. The van der Waals surface area contributed by atoms with Crippen molar-refractivity contribution in [1.29, 1.82) is 0 Å². The van der Waals surface area contributed by atoms with Gasteiger partial charge in [-0.2, -0.15) is 0 Å². The Morgan fingerprint density at radius 1 is 1.43 bits per heavy atom. The van der Waals surface area contributed by atoms with Crippen molar-refractivity contribution in [2.45, 2.75) is 18.6 Å². The van der Waals surface area contributed by atoms with E-state index in [-0.39, 0.29) is 28.8 Å². The van der Waals surface area contributed by atoms with Crippen molar-refractivity contribution in [3.05, 3.63) is 39.9 Å². The largest absolute Gasteiger partial charge is 0.494 e. The number of aromatic carboxylic acids is 1. The fraction of sp³-hybridized carbons (Fsp3) is 0.286. The normalized spacial score (nSPS) is 20.5. The van der Waals surface area contributed by atoms with E-state index in [9.17, 15) is 23.5 Å². The topological polar surface area (TPSA) is 68.5 Å². The second kappa shape index (κ2) is 4.54. The summed E-state index contributed by atoms with van der Waals surface area (Å²) in [6, 6.07) is 2.24. The van der Waals surface area contributed by atoms with Crippen LogP contribution in [0.3, 0.4) is 0 Å². The molecule has 0 spiro atoms. The van der Waals surface area contributed by atoms with Gasteiger partial charge < -0.3 is 14.4 Å². The minimum atomic E-state index is -1.35. The lowest BCUT2D eigenvalue weighted by molar-refractivity contribution is 0.0684. The second-order valence-corrected chi connectivity index (χ2v) is 4.89. The first kappa shape index (κ1) is 13.5. The molecule has 7 heteroatoms. The predicted octanol–water partition coefficient (Wildman–Crippen LogP) is 2.13. The number of hydrogen-bond donors (Lipinski definition) is 1. The average Bonchev–Trinajstić information content (AvgIpc) is 3.14. The van der Waals surface area contributed by atoms with Gasteiger partial charge in [-0.25, -0.2) is 13.6 Å². The summed E-state index contributed by atoms with van der Waals surface area (Å²) in [5.41, 5.74) is -0.871. The fourth-order valence-corrected chi connectivity index (χ4v) is 2.49. The van der Waals surface area contributed by atoms with Crippen LogP contribution in [-0.4, -0.2) is 28.9 Å². The number of aromatic nitrogens is 1. The molecule has 110 valence electrons. The SMILES string of the molecule is COc1cc(F)cc2c(=O)cc(C(=O)O)n([C@@H]3C[C@H]3F)c12. The van der Waals surface area contributed by atoms with Gasteiger partial charge in [-0.3, -0.25) is 4.79 Å². The maximum atomic E-state index is 13.5. The minimum absolute atomic E-state index is 0.00398. The summed E-state index contributed by atoms with van der Waals surface area (Å²) in [5, 5.41) is 9.20. The number of halogens is 2. The van der Waals surface area contributed by atoms with Gasteiger partial charge in [0.05, 0.1) is 24.1 Å². The molecule has 0 aliphatic heterocycles. The Balaban J connectivity index is 2.48. The zero-order chi connectivity index (χ0) is 15.3. The standard InChI is InChI=1S/C14H11F2NO4/c1-21-12-3-6(15)2-7-11(18)5-10(14(19)20)17(13(7)12)9-4-8(9)16/h2-3,5,8-9H,4H2,1H3,(H,19,20)/t8-,9-/m1/s1. The number of nitrogens with zero attached hydrogens (tertiary/aromatic N) is 1. The Bertz CT molecular complexity index is 815. The lowest BCUT2D eigenvalue weighted by Crippen LogP contribution is -2.19. The molecule has 1 aliphatic rings. The zero-order valence-corrected chi connectivity index (χ0v) is 11.0. The predicted molar refractivity (Wildman–Crippen MR) is 70.2 cm³/mol. The number of alkyl halides is 1. The summed E-state index contributed by atoms with van der Waals surface area (Å²) >= 11 is 0. The van der Waals surface area contributed by atoms with Gasteiger partial charge in [-0.15, -0.1) is 0 Å². The first-order valence-electron chi connectivity index (χ1n) is 6.24. The number of ether oxygens (including phenoxy) is 1. The number of methoxy groups -OCH3 is 1. The van der Waals surface area contributed by atoms with E-state index in [1.165, 1.54) is 11.7 Å². The summed E-state index contributed by atoms with van der Waals surface area (Å²) in [6.45, 7) is 0. The van der Waals surface area contributed by atoms with Crippen molar-refractivity contribution in [1.82, 2.24) is 4.57 Å². The lowest BCUT2D eigenvalue weighted by Gasteiger charge is -2.16. The highest BCUT2D eigenvalue weighted by Gasteiger charge is 2.42. The summed E-state index contributed by atoms with van der Waals surface area (Å²) in [7, 11) is 1.27. The number of fused-ring (bicyclic) bond motifs is 1. The van der Waals surface area contributed by atoms with Gasteiger partial charge in [0.15, 0.2) is 5.43 Å². The van der Waals surface area contributed by atoms with E-state index >= 15 is 0 Å². The molecule has 0 unspecified atom stereocenters. The smallest absolute Gasteiger partial charge is 0.352 e. The van der Waals surface area contributed by atoms with Crippen molar-refractivity contribution < 1.29 is 23.4 Å². The van der Waals surface area contributed by atoms with E-state index < -0.39 is 29.4 Å². The van der Waals surface area contributed by atoms with Crippen molar-refractivity contribution in [3.63, 3.8) is 0 Å². The Labute approximate surface area is 117 Å². The highest BCUT2D eigenvalue weighted by atomic mass is 19.1. The summed E-state index contributed by atoms with van der Waals surface area (Å²) < 4.78 is 33.2. The molecule has 21 heavy (non-hydrogen) atoms. The number of hydrogen-bond acceptors (Lipinski definition) is 3. The molecular weight excluding hydrogens is 284 g/mol. The Kier molecular flexibility index (Phi) is 2.93. The van der Waals surface area contributed by atoms with Crippen molar-refractivity contribution in [3.8, 4) is 5.75 Å². The van der Waals surface area contributed by atoms with Crippen molar-refractivity contribution in [2.75, 3.05) is 7.11 Å². The van der Waals surface area contributed by atoms with Crippen LogP contribution >= 0.6 is 0 Å². The monoisotopic (exact) mass is 295 g/mol. The molecular formula is C14H11F2NO4. The van der Waals surface area contributed by atoms with E-state index in [1.807, 2.05) is 0 Å². The summed E-state index contributed by atoms with van der Waals surface area (Å²) in [4.78, 5) is 23.3. The average molecular weight is 295 g/mol. The molecule has 1 N–H and O–H groups in total. The number of benzene rings is 1. The molecule has 1 saturated carbocycles. The van der Waals surface area contributed by atoms with Crippen LogP contribution in [0.2, 0.25) is 0 Å². The van der Waals surface area contributed by atoms with Crippen LogP contribution < -0.4 is 10.2 Å². The second-order valence-electron chi connectivity index (χ2n) is 4.89. The number of pyridine rings is 1. The van der Waals surface area contributed by atoms with Gasteiger partial charge in [0.25, 0.3) is 0 Å². The maximum absolute atomic E-state index is 13.5. The molecule has 0 amide bonds. The molecule has 2 aromatic rings. The Hall–Kier alpha value is -2.44. The number of carboxylic acids is 1. The summed E-state index contributed by atoms with van der Waals surface area (Å²) in [5.74, 6) is -2.03. The molecule has 2 atom stereocenters.